The van der Waals surface area contributed by atoms with Crippen LogP contribution >= 0.6 is 0 Å². The first-order valence-electron chi connectivity index (χ1n) is 9.41. The molecule has 0 radical (unpaired) electrons. The number of hydrogen-bond donors (Lipinski definition) is 0. The zero-order valence-corrected chi connectivity index (χ0v) is 16.1. The number of fused-ring (bicyclic) bond motifs is 1. The predicted octanol–water partition coefficient (Wildman–Crippen LogP) is 5.21. The Morgan fingerprint density at radius 1 is 0.857 bits per heavy atom. The maximum Gasteiger partial charge on any atom is 0.336 e. The van der Waals surface area contributed by atoms with E-state index in [4.69, 9.17) is 8.83 Å². The molecule has 0 aliphatic heterocycles. The van der Waals surface area contributed by atoms with E-state index in [9.17, 15) is 4.79 Å². The summed E-state index contributed by atoms with van der Waals surface area (Å²) < 4.78 is 11.0. The molecular formula is C24H23NO3. The topological polar surface area (TPSA) is 46.6 Å². The molecule has 0 aliphatic carbocycles. The van der Waals surface area contributed by atoms with E-state index in [1.165, 1.54) is 11.1 Å². The van der Waals surface area contributed by atoms with Gasteiger partial charge in [0, 0.05) is 24.5 Å². The average molecular weight is 373 g/mol. The molecule has 4 nitrogen and oxygen atoms in total. The van der Waals surface area contributed by atoms with E-state index in [0.29, 0.717) is 18.7 Å². The van der Waals surface area contributed by atoms with Crippen molar-refractivity contribution in [3.63, 3.8) is 0 Å². The van der Waals surface area contributed by atoms with Crippen molar-refractivity contribution in [1.82, 2.24) is 4.90 Å². The van der Waals surface area contributed by atoms with Crippen LogP contribution in [0.4, 0.5) is 0 Å². The molecule has 142 valence electrons. The molecule has 0 fully saturated rings. The fraction of sp³-hybridized carbons (Fsp3) is 0.208. The van der Waals surface area contributed by atoms with Gasteiger partial charge in [0.15, 0.2) is 0 Å². The van der Waals surface area contributed by atoms with E-state index in [1.54, 1.807) is 12.3 Å². The Morgan fingerprint density at radius 3 is 2.39 bits per heavy atom. The van der Waals surface area contributed by atoms with Gasteiger partial charge < -0.3 is 8.83 Å². The molecule has 0 amide bonds. The summed E-state index contributed by atoms with van der Waals surface area (Å²) in [7, 11) is 0. The molecule has 2 aromatic heterocycles. The van der Waals surface area contributed by atoms with E-state index in [-0.39, 0.29) is 5.63 Å². The maximum atomic E-state index is 12.2. The standard InChI is InChI=1S/C24H23NO3/c1-17-11-22-20(13-24(26)28-23(22)12-18(17)2)15-25(16-21-9-6-10-27-21)14-19-7-4-3-5-8-19/h3-13H,14-16H2,1-2H3. The zero-order valence-electron chi connectivity index (χ0n) is 16.1. The van der Waals surface area contributed by atoms with Gasteiger partial charge in [-0.25, -0.2) is 4.79 Å². The molecule has 0 atom stereocenters. The van der Waals surface area contributed by atoms with Crippen molar-refractivity contribution in [2.75, 3.05) is 0 Å². The molecular weight excluding hydrogens is 350 g/mol. The third-order valence-electron chi connectivity index (χ3n) is 5.05. The highest BCUT2D eigenvalue weighted by molar-refractivity contribution is 5.81. The van der Waals surface area contributed by atoms with Crippen molar-refractivity contribution in [1.29, 1.82) is 0 Å². The van der Waals surface area contributed by atoms with Crippen LogP contribution in [0.2, 0.25) is 0 Å². The number of hydrogen-bond acceptors (Lipinski definition) is 4. The Balaban J connectivity index is 1.71. The van der Waals surface area contributed by atoms with Gasteiger partial charge in [-0.1, -0.05) is 30.3 Å². The van der Waals surface area contributed by atoms with E-state index in [1.807, 2.05) is 43.3 Å². The maximum absolute atomic E-state index is 12.2. The molecule has 2 heterocycles. The van der Waals surface area contributed by atoms with Crippen LogP contribution < -0.4 is 5.63 Å². The summed E-state index contributed by atoms with van der Waals surface area (Å²) in [5.41, 5.74) is 4.81. The van der Waals surface area contributed by atoms with E-state index < -0.39 is 0 Å². The third kappa shape index (κ3) is 4.07. The van der Waals surface area contributed by atoms with Crippen LogP contribution in [0, 0.1) is 13.8 Å². The molecule has 4 rings (SSSR count). The van der Waals surface area contributed by atoms with Crippen LogP contribution in [0.25, 0.3) is 11.0 Å². The Bertz CT molecular complexity index is 1130. The van der Waals surface area contributed by atoms with Crippen molar-refractivity contribution >= 4 is 11.0 Å². The number of rotatable bonds is 6. The van der Waals surface area contributed by atoms with Gasteiger partial charge in [0.1, 0.15) is 11.3 Å². The quantitative estimate of drug-likeness (QED) is 0.436. The normalized spacial score (nSPS) is 11.4. The number of furan rings is 1. The highest BCUT2D eigenvalue weighted by Gasteiger charge is 2.14. The summed E-state index contributed by atoms with van der Waals surface area (Å²) in [5.74, 6) is 0.898. The summed E-state index contributed by atoms with van der Waals surface area (Å²) in [6.07, 6.45) is 1.69. The average Bonchev–Trinajstić information content (AvgIpc) is 3.17. The summed E-state index contributed by atoms with van der Waals surface area (Å²) in [5, 5.41) is 0.986. The van der Waals surface area contributed by atoms with Crippen LogP contribution in [0.3, 0.4) is 0 Å². The lowest BCUT2D eigenvalue weighted by molar-refractivity contribution is 0.227. The molecule has 0 aliphatic rings. The Morgan fingerprint density at radius 2 is 1.64 bits per heavy atom. The van der Waals surface area contributed by atoms with E-state index >= 15 is 0 Å². The lowest BCUT2D eigenvalue weighted by atomic mass is 10.0. The van der Waals surface area contributed by atoms with Gasteiger partial charge >= 0.3 is 5.63 Å². The summed E-state index contributed by atoms with van der Waals surface area (Å²) in [6.45, 7) is 6.15. The summed E-state index contributed by atoms with van der Waals surface area (Å²) in [6, 6.07) is 19.9. The molecule has 0 unspecified atom stereocenters. The smallest absolute Gasteiger partial charge is 0.336 e. The van der Waals surface area contributed by atoms with Crippen LogP contribution in [0.5, 0.6) is 0 Å². The number of aryl methyl sites for hydroxylation is 2. The second kappa shape index (κ2) is 7.87. The van der Waals surface area contributed by atoms with Gasteiger partial charge in [-0.3, -0.25) is 4.90 Å². The molecule has 4 heteroatoms. The first kappa shape index (κ1) is 18.3. The molecule has 0 saturated carbocycles. The zero-order chi connectivity index (χ0) is 19.5. The van der Waals surface area contributed by atoms with E-state index in [0.717, 1.165) is 28.8 Å². The summed E-state index contributed by atoms with van der Waals surface area (Å²) >= 11 is 0. The minimum atomic E-state index is -0.316. The van der Waals surface area contributed by atoms with Crippen molar-refractivity contribution in [3.8, 4) is 0 Å². The van der Waals surface area contributed by atoms with Gasteiger partial charge in [0.25, 0.3) is 0 Å². The highest BCUT2D eigenvalue weighted by Crippen LogP contribution is 2.24. The van der Waals surface area contributed by atoms with E-state index in [2.05, 4.69) is 30.0 Å². The molecule has 2 aromatic carbocycles. The van der Waals surface area contributed by atoms with Crippen molar-refractivity contribution in [2.24, 2.45) is 0 Å². The monoisotopic (exact) mass is 373 g/mol. The van der Waals surface area contributed by atoms with Crippen molar-refractivity contribution < 1.29 is 8.83 Å². The van der Waals surface area contributed by atoms with Gasteiger partial charge in [0.2, 0.25) is 0 Å². The molecule has 0 saturated heterocycles. The van der Waals surface area contributed by atoms with Crippen LogP contribution in [-0.2, 0) is 19.6 Å². The number of nitrogens with zero attached hydrogens (tertiary/aromatic N) is 1. The van der Waals surface area contributed by atoms with Gasteiger partial charge in [-0.2, -0.15) is 0 Å². The Labute approximate surface area is 164 Å². The first-order chi connectivity index (χ1) is 13.6. The van der Waals surface area contributed by atoms with Gasteiger partial charge in [-0.15, -0.1) is 0 Å². The van der Waals surface area contributed by atoms with Gasteiger partial charge in [0.05, 0.1) is 12.8 Å². The lowest BCUT2D eigenvalue weighted by Crippen LogP contribution is -2.23. The fourth-order valence-corrected chi connectivity index (χ4v) is 3.49. The highest BCUT2D eigenvalue weighted by atomic mass is 16.4. The first-order valence-corrected chi connectivity index (χ1v) is 9.41. The Hall–Kier alpha value is -3.11. The van der Waals surface area contributed by atoms with Gasteiger partial charge in [-0.05, 0) is 60.4 Å². The van der Waals surface area contributed by atoms with Crippen LogP contribution in [0.15, 0.2) is 80.6 Å². The minimum Gasteiger partial charge on any atom is -0.468 e. The molecule has 4 aromatic rings. The van der Waals surface area contributed by atoms with Crippen LogP contribution in [0.1, 0.15) is 28.0 Å². The molecule has 0 N–H and O–H groups in total. The molecule has 28 heavy (non-hydrogen) atoms. The minimum absolute atomic E-state index is 0.316. The lowest BCUT2D eigenvalue weighted by Gasteiger charge is -2.22. The van der Waals surface area contributed by atoms with Crippen molar-refractivity contribution in [2.45, 2.75) is 33.5 Å². The molecule has 0 spiro atoms. The van der Waals surface area contributed by atoms with Crippen LogP contribution in [-0.4, -0.2) is 4.90 Å². The largest absolute Gasteiger partial charge is 0.468 e. The number of benzene rings is 2. The summed E-state index contributed by atoms with van der Waals surface area (Å²) in [4.78, 5) is 14.4. The SMILES string of the molecule is Cc1cc2oc(=O)cc(CN(Cc3ccccc3)Cc3ccco3)c2cc1C. The third-order valence-corrected chi connectivity index (χ3v) is 5.05. The van der Waals surface area contributed by atoms with Crippen molar-refractivity contribution in [3.05, 3.63) is 105 Å². The fourth-order valence-electron chi connectivity index (χ4n) is 3.49. The molecule has 0 bridgehead atoms. The second-order valence-corrected chi connectivity index (χ2v) is 7.23. The second-order valence-electron chi connectivity index (χ2n) is 7.23. The predicted molar refractivity (Wildman–Crippen MR) is 110 cm³/mol. The Kier molecular flexibility index (Phi) is 5.13.